The first-order valence-electron chi connectivity index (χ1n) is 12.5. The van der Waals surface area contributed by atoms with Crippen molar-refractivity contribution in [3.63, 3.8) is 0 Å². The van der Waals surface area contributed by atoms with Crippen molar-refractivity contribution >= 4 is 71.6 Å². The van der Waals surface area contributed by atoms with E-state index in [4.69, 9.17) is 20.4 Å². The number of carbonyl (C=O) groups is 12. The molecule has 323 valence electrons. The molecule has 0 saturated heterocycles. The molecule has 0 aromatic rings. The van der Waals surface area contributed by atoms with Crippen molar-refractivity contribution in [2.24, 2.45) is 0 Å². The van der Waals surface area contributed by atoms with E-state index < -0.39 is 145 Å². The third-order valence-electron chi connectivity index (χ3n) is 5.01. The first-order chi connectivity index (χ1) is 23.1. The third-order valence-corrected chi connectivity index (χ3v) is 5.01. The molecule has 0 fully saturated rings. The van der Waals surface area contributed by atoms with Crippen LogP contribution in [0.1, 0.15) is 51.4 Å². The molecule has 0 unspecified atom stereocenters. The maximum Gasteiger partial charge on any atom is 6.00 e. The van der Waals surface area contributed by atoms with Gasteiger partial charge in [-0.05, 0) is 0 Å². The quantitative estimate of drug-likeness (QED) is 0.0823. The molecule has 0 spiro atoms. The molecular formula is C24H20Cu3MoO28. The van der Waals surface area contributed by atoms with Crippen molar-refractivity contribution in [1.82, 2.24) is 0 Å². The maximum atomic E-state index is 10.1. The number of hydrogen-bond donors (Lipinski definition) is 4. The van der Waals surface area contributed by atoms with E-state index in [0.717, 1.165) is 0 Å². The summed E-state index contributed by atoms with van der Waals surface area (Å²) >= 11 is 0. The van der Waals surface area contributed by atoms with E-state index in [1.807, 2.05) is 0 Å². The van der Waals surface area contributed by atoms with Crippen LogP contribution in [0.15, 0.2) is 0 Å². The first kappa shape index (κ1) is 69.6. The van der Waals surface area contributed by atoms with Crippen LogP contribution in [0.2, 0.25) is 0 Å². The largest absolute Gasteiger partial charge is 6.00 e. The minimum Gasteiger partial charge on any atom is -0.550 e. The Morgan fingerprint density at radius 1 is 0.268 bits per heavy atom. The number of carboxylic acids is 12. The molecule has 0 aromatic heterocycles. The average Bonchev–Trinajstić information content (AvgIpc) is 2.85. The summed E-state index contributed by atoms with van der Waals surface area (Å²) in [5.74, 6) is -23.9. The van der Waals surface area contributed by atoms with E-state index in [9.17, 15) is 119 Å². The normalized spacial score (nSPS) is 10.1. The van der Waals surface area contributed by atoms with Crippen LogP contribution in [-0.4, -0.2) is 114 Å². The summed E-state index contributed by atoms with van der Waals surface area (Å²) < 4.78 is 0. The van der Waals surface area contributed by atoms with Crippen LogP contribution in [-0.2, 0) is 130 Å². The predicted octanol–water partition coefficient (Wildman–Crippen LogP) is -21.0. The van der Waals surface area contributed by atoms with Crippen molar-refractivity contribution in [1.29, 1.82) is 0 Å². The number of hydrogen-bond acceptors (Lipinski definition) is 28. The number of rotatable bonds is 20. The molecule has 0 aliphatic carbocycles. The first-order valence-corrected chi connectivity index (χ1v) is 12.5. The van der Waals surface area contributed by atoms with Crippen LogP contribution in [0, 0.1) is 0 Å². The molecule has 0 rings (SSSR count). The second kappa shape index (κ2) is 30.9. The van der Waals surface area contributed by atoms with Crippen molar-refractivity contribution in [3.05, 3.63) is 0 Å². The fraction of sp³-hybridized carbons (Fsp3) is 0.500. The van der Waals surface area contributed by atoms with Gasteiger partial charge in [-0.25, -0.2) is 0 Å². The standard InChI is InChI=1S/4C6H8O7.3Cu.Mo/c4*7-3(8)1-6(13,5(11)12)2-4(9)10;;;;/h4*13H,1-2H2,(H,7,8)(H,9,10)(H,11,12);;;;/q;;;;3*+2;+6/p-12. The molecule has 0 atom stereocenters. The van der Waals surface area contributed by atoms with Crippen molar-refractivity contribution < 1.29 is 212 Å². The number of carboxylic acid groups (broad SMARTS) is 12. The summed E-state index contributed by atoms with van der Waals surface area (Å²) in [5.41, 5.74) is -11.9. The van der Waals surface area contributed by atoms with Crippen LogP contribution in [0.5, 0.6) is 0 Å². The minimum atomic E-state index is -2.97. The predicted molar refractivity (Wildman–Crippen MR) is 117 cm³/mol. The molecule has 32 heteroatoms. The smallest absolute Gasteiger partial charge is 0.550 e. The van der Waals surface area contributed by atoms with E-state index in [0.29, 0.717) is 0 Å². The van der Waals surface area contributed by atoms with Gasteiger partial charge in [0.15, 0.2) is 0 Å². The van der Waals surface area contributed by atoms with Gasteiger partial charge in [-0.15, -0.1) is 0 Å². The Bertz CT molecular complexity index is 1140. The van der Waals surface area contributed by atoms with E-state index in [1.54, 1.807) is 0 Å². The Morgan fingerprint density at radius 2 is 0.339 bits per heavy atom. The van der Waals surface area contributed by atoms with Crippen molar-refractivity contribution in [2.45, 2.75) is 73.8 Å². The molecule has 28 nitrogen and oxygen atoms in total. The third kappa shape index (κ3) is 33.1. The van der Waals surface area contributed by atoms with Crippen LogP contribution in [0.25, 0.3) is 0 Å². The summed E-state index contributed by atoms with van der Waals surface area (Å²) in [4.78, 5) is 120. The zero-order valence-electron chi connectivity index (χ0n) is 26.6. The van der Waals surface area contributed by atoms with E-state index >= 15 is 0 Å². The Morgan fingerprint density at radius 3 is 0.375 bits per heavy atom. The molecule has 0 bridgehead atoms. The number of aliphatic hydroxyl groups is 4. The summed E-state index contributed by atoms with van der Waals surface area (Å²) in [5, 5.41) is 156. The van der Waals surface area contributed by atoms with Crippen molar-refractivity contribution in [2.75, 3.05) is 0 Å². The number of carbonyl (C=O) groups excluding carboxylic acids is 12. The Labute approximate surface area is 355 Å². The Kier molecular flexibility index (Phi) is 38.4. The zero-order valence-corrected chi connectivity index (χ0v) is 31.4. The van der Waals surface area contributed by atoms with Gasteiger partial charge in [0.2, 0.25) is 0 Å². The van der Waals surface area contributed by atoms with Crippen LogP contribution in [0.4, 0.5) is 0 Å². The van der Waals surface area contributed by atoms with Gasteiger partial charge >= 0.3 is 72.3 Å². The Hall–Kier alpha value is -4.27. The molecule has 0 heterocycles. The summed E-state index contributed by atoms with van der Waals surface area (Å²) in [6, 6.07) is 0. The molecule has 56 heavy (non-hydrogen) atoms. The fourth-order valence-corrected chi connectivity index (χ4v) is 2.74. The van der Waals surface area contributed by atoms with Crippen molar-refractivity contribution in [3.8, 4) is 0 Å². The topological polar surface area (TPSA) is 562 Å². The van der Waals surface area contributed by atoms with Gasteiger partial charge in [0, 0.05) is 99.1 Å². The molecule has 0 aliphatic heterocycles. The summed E-state index contributed by atoms with van der Waals surface area (Å²) in [6.45, 7) is 0. The molecule has 0 saturated carbocycles. The van der Waals surface area contributed by atoms with Gasteiger partial charge in [0.05, 0.1) is 23.9 Å². The molecule has 0 aromatic carbocycles. The molecule has 4 N–H and O–H groups in total. The molecule has 3 radical (unpaired) electrons. The summed E-state index contributed by atoms with van der Waals surface area (Å²) in [6.07, 6.45) is -10.9. The van der Waals surface area contributed by atoms with Gasteiger partial charge in [0.25, 0.3) is 0 Å². The van der Waals surface area contributed by atoms with Gasteiger partial charge < -0.3 is 139 Å². The fourth-order valence-electron chi connectivity index (χ4n) is 2.74. The van der Waals surface area contributed by atoms with E-state index in [2.05, 4.69) is 0 Å². The van der Waals surface area contributed by atoms with Crippen LogP contribution >= 0.6 is 0 Å². The average molecular weight is 1040 g/mol. The van der Waals surface area contributed by atoms with Gasteiger partial charge in [0.1, 0.15) is 22.4 Å². The van der Waals surface area contributed by atoms with Crippen LogP contribution in [0.3, 0.4) is 0 Å². The van der Waals surface area contributed by atoms with Gasteiger partial charge in [-0.3, -0.25) is 0 Å². The maximum absolute atomic E-state index is 10.1. The second-order valence-corrected chi connectivity index (χ2v) is 9.67. The van der Waals surface area contributed by atoms with Gasteiger partial charge in [-0.1, -0.05) is 0 Å². The summed E-state index contributed by atoms with van der Waals surface area (Å²) in [7, 11) is 0. The van der Waals surface area contributed by atoms with Crippen LogP contribution < -0.4 is 61.3 Å². The SMILES string of the molecule is O=C([O-])CC(O)(CC(=O)[O-])C(=O)[O-].O=C([O-])CC(O)(CC(=O)[O-])C(=O)[O-].O=C([O-])CC(O)(CC(=O)[O-])C(=O)[O-].O=C([O-])CC(O)(CC(=O)[O-])C(=O)[O-].[Cu+2].[Cu+2].[Cu+2].[Mo+6]. The Balaban J connectivity index is -0.0000000893. The second-order valence-electron chi connectivity index (χ2n) is 9.67. The monoisotopic (exact) mass is 1040 g/mol. The molecular weight excluding hydrogens is 1020 g/mol. The molecule has 0 amide bonds. The van der Waals surface area contributed by atoms with Gasteiger partial charge in [-0.2, -0.15) is 0 Å². The molecule has 0 aliphatic rings. The zero-order chi connectivity index (χ0) is 42.6. The van der Waals surface area contributed by atoms with E-state index in [-0.39, 0.29) is 72.3 Å². The number of aliphatic carboxylic acids is 12. The van der Waals surface area contributed by atoms with E-state index in [1.165, 1.54) is 0 Å². The minimum absolute atomic E-state index is 0.